The van der Waals surface area contributed by atoms with Gasteiger partial charge in [0.15, 0.2) is 0 Å². The van der Waals surface area contributed by atoms with Crippen LogP contribution < -0.4 is 10.0 Å². The van der Waals surface area contributed by atoms with Gasteiger partial charge in [-0.05, 0) is 43.0 Å². The number of benzene rings is 1. The summed E-state index contributed by atoms with van der Waals surface area (Å²) in [5, 5.41) is 11.4. The first-order valence-electron chi connectivity index (χ1n) is 8.29. The third kappa shape index (κ3) is 6.04. The van der Waals surface area contributed by atoms with Crippen molar-refractivity contribution in [1.82, 2.24) is 10.2 Å². The van der Waals surface area contributed by atoms with Crippen LogP contribution in [0.2, 0.25) is 0 Å². The van der Waals surface area contributed by atoms with Gasteiger partial charge in [0, 0.05) is 30.9 Å². The van der Waals surface area contributed by atoms with Gasteiger partial charge in [0.25, 0.3) is 5.91 Å². The topological polar surface area (TPSA) is 119 Å². The number of nitrogens with one attached hydrogen (secondary N) is 2. The van der Waals surface area contributed by atoms with E-state index in [1.54, 1.807) is 17.0 Å². The van der Waals surface area contributed by atoms with E-state index in [-0.39, 0.29) is 24.2 Å². The SMILES string of the molecule is CS(=O)(=O)Nc1ccc(C(=O)NCC2CCN(C(=O)CC#N)CC2)cc1. The Labute approximate surface area is 153 Å². The Bertz CT molecular complexity index is 791. The fraction of sp³-hybridized carbons (Fsp3) is 0.471. The Hall–Kier alpha value is -2.60. The molecule has 2 rings (SSSR count). The van der Waals surface area contributed by atoms with Crippen LogP contribution in [-0.4, -0.2) is 51.0 Å². The van der Waals surface area contributed by atoms with E-state index in [1.165, 1.54) is 12.1 Å². The third-order valence-corrected chi connectivity index (χ3v) is 4.81. The maximum Gasteiger partial charge on any atom is 0.251 e. The average Bonchev–Trinajstić information content (AvgIpc) is 2.59. The van der Waals surface area contributed by atoms with Crippen molar-refractivity contribution < 1.29 is 18.0 Å². The summed E-state index contributed by atoms with van der Waals surface area (Å²) < 4.78 is 24.7. The van der Waals surface area contributed by atoms with E-state index in [4.69, 9.17) is 5.26 Å². The van der Waals surface area contributed by atoms with Crippen LogP contribution in [0.25, 0.3) is 0 Å². The zero-order chi connectivity index (χ0) is 19.2. The van der Waals surface area contributed by atoms with Crippen LogP contribution in [0, 0.1) is 17.2 Å². The number of hydrogen-bond donors (Lipinski definition) is 2. The fourth-order valence-electron chi connectivity index (χ4n) is 2.81. The van der Waals surface area contributed by atoms with Gasteiger partial charge in [-0.25, -0.2) is 8.42 Å². The molecule has 9 heteroatoms. The first kappa shape index (κ1) is 19.7. The molecule has 0 radical (unpaired) electrons. The minimum atomic E-state index is -3.35. The average molecular weight is 378 g/mol. The molecule has 140 valence electrons. The second-order valence-corrected chi connectivity index (χ2v) is 8.07. The van der Waals surface area contributed by atoms with E-state index >= 15 is 0 Å². The lowest BCUT2D eigenvalue weighted by atomic mass is 9.96. The van der Waals surface area contributed by atoms with Crippen molar-refractivity contribution in [3.63, 3.8) is 0 Å². The van der Waals surface area contributed by atoms with Gasteiger partial charge in [-0.15, -0.1) is 0 Å². The van der Waals surface area contributed by atoms with Crippen LogP contribution in [0.1, 0.15) is 29.6 Å². The molecule has 0 bridgehead atoms. The number of rotatable bonds is 6. The lowest BCUT2D eigenvalue weighted by Gasteiger charge is -2.31. The summed E-state index contributed by atoms with van der Waals surface area (Å²) >= 11 is 0. The molecule has 0 spiro atoms. The number of hydrogen-bond acceptors (Lipinski definition) is 5. The second kappa shape index (κ2) is 8.67. The molecule has 8 nitrogen and oxygen atoms in total. The molecule has 2 amide bonds. The zero-order valence-corrected chi connectivity index (χ0v) is 15.4. The van der Waals surface area contributed by atoms with Gasteiger partial charge in [-0.2, -0.15) is 5.26 Å². The summed E-state index contributed by atoms with van der Waals surface area (Å²) in [5.74, 6) is -0.0760. The molecule has 1 fully saturated rings. The lowest BCUT2D eigenvalue weighted by Crippen LogP contribution is -2.41. The van der Waals surface area contributed by atoms with Crippen molar-refractivity contribution in [3.05, 3.63) is 29.8 Å². The summed E-state index contributed by atoms with van der Waals surface area (Å²) in [7, 11) is -3.35. The molecule has 0 aromatic heterocycles. The molecule has 1 aliphatic rings. The molecule has 0 saturated carbocycles. The van der Waals surface area contributed by atoms with Crippen molar-refractivity contribution in [2.45, 2.75) is 19.3 Å². The van der Waals surface area contributed by atoms with E-state index in [1.807, 2.05) is 6.07 Å². The highest BCUT2D eigenvalue weighted by atomic mass is 32.2. The number of anilines is 1. The number of carbonyl (C=O) groups excluding carboxylic acids is 2. The number of likely N-dealkylation sites (tertiary alicyclic amines) is 1. The Kier molecular flexibility index (Phi) is 6.58. The smallest absolute Gasteiger partial charge is 0.251 e. The molecular formula is C17H22N4O4S. The van der Waals surface area contributed by atoms with Crippen LogP contribution >= 0.6 is 0 Å². The maximum absolute atomic E-state index is 12.2. The third-order valence-electron chi connectivity index (χ3n) is 4.20. The minimum Gasteiger partial charge on any atom is -0.352 e. The Morgan fingerprint density at radius 3 is 2.38 bits per heavy atom. The summed E-state index contributed by atoms with van der Waals surface area (Å²) in [6, 6.07) is 8.06. The highest BCUT2D eigenvalue weighted by Gasteiger charge is 2.22. The summed E-state index contributed by atoms with van der Waals surface area (Å²) in [5.41, 5.74) is 0.851. The molecule has 0 unspecified atom stereocenters. The highest BCUT2D eigenvalue weighted by Crippen LogP contribution is 2.17. The van der Waals surface area contributed by atoms with Crippen LogP contribution in [0.15, 0.2) is 24.3 Å². The standard InChI is InChI=1S/C17H22N4O4S/c1-26(24,25)20-15-4-2-14(3-5-15)17(23)19-12-13-7-10-21(11-8-13)16(22)6-9-18/h2-5,13,20H,6-8,10-12H2,1H3,(H,19,23). The predicted octanol–water partition coefficient (Wildman–Crippen LogP) is 0.940. The number of carbonyl (C=O) groups is 2. The largest absolute Gasteiger partial charge is 0.352 e. The fourth-order valence-corrected chi connectivity index (χ4v) is 3.37. The first-order valence-corrected chi connectivity index (χ1v) is 10.2. The van der Waals surface area contributed by atoms with Crippen LogP contribution in [0.4, 0.5) is 5.69 Å². The number of nitriles is 1. The monoisotopic (exact) mass is 378 g/mol. The van der Waals surface area contributed by atoms with Gasteiger partial charge in [0.1, 0.15) is 6.42 Å². The van der Waals surface area contributed by atoms with E-state index in [2.05, 4.69) is 10.0 Å². The predicted molar refractivity (Wildman–Crippen MR) is 96.8 cm³/mol. The molecule has 1 aromatic rings. The molecular weight excluding hydrogens is 356 g/mol. The highest BCUT2D eigenvalue weighted by molar-refractivity contribution is 7.92. The first-order chi connectivity index (χ1) is 12.3. The Balaban J connectivity index is 1.79. The summed E-state index contributed by atoms with van der Waals surface area (Å²) in [6.07, 6.45) is 2.54. The molecule has 2 N–H and O–H groups in total. The van der Waals surface area contributed by atoms with Crippen molar-refractivity contribution in [2.75, 3.05) is 30.6 Å². The van der Waals surface area contributed by atoms with Crippen molar-refractivity contribution in [1.29, 1.82) is 5.26 Å². The summed E-state index contributed by atoms with van der Waals surface area (Å²) in [6.45, 7) is 1.72. The Morgan fingerprint density at radius 1 is 1.23 bits per heavy atom. The van der Waals surface area contributed by atoms with Crippen LogP contribution in [0.5, 0.6) is 0 Å². The molecule has 0 aliphatic carbocycles. The number of nitrogens with zero attached hydrogens (tertiary/aromatic N) is 2. The van der Waals surface area contributed by atoms with Crippen molar-refractivity contribution in [3.8, 4) is 6.07 Å². The molecule has 26 heavy (non-hydrogen) atoms. The molecule has 1 heterocycles. The van der Waals surface area contributed by atoms with Crippen molar-refractivity contribution in [2.24, 2.45) is 5.92 Å². The lowest BCUT2D eigenvalue weighted by molar-refractivity contribution is -0.131. The van der Waals surface area contributed by atoms with E-state index in [0.717, 1.165) is 19.1 Å². The molecule has 0 atom stereocenters. The molecule has 1 saturated heterocycles. The minimum absolute atomic E-state index is 0.0917. The van der Waals surface area contributed by atoms with Gasteiger partial charge >= 0.3 is 0 Å². The van der Waals surface area contributed by atoms with E-state index in [9.17, 15) is 18.0 Å². The quantitative estimate of drug-likeness (QED) is 0.763. The maximum atomic E-state index is 12.2. The van der Waals surface area contributed by atoms with Gasteiger partial charge in [-0.3, -0.25) is 14.3 Å². The van der Waals surface area contributed by atoms with E-state index in [0.29, 0.717) is 30.9 Å². The van der Waals surface area contributed by atoms with Crippen LogP contribution in [-0.2, 0) is 14.8 Å². The summed E-state index contributed by atoms with van der Waals surface area (Å²) in [4.78, 5) is 25.5. The van der Waals surface area contributed by atoms with Crippen LogP contribution in [0.3, 0.4) is 0 Å². The zero-order valence-electron chi connectivity index (χ0n) is 14.6. The number of sulfonamides is 1. The van der Waals surface area contributed by atoms with Gasteiger partial charge in [0.2, 0.25) is 15.9 Å². The normalized spacial score (nSPS) is 15.2. The molecule has 1 aromatic carbocycles. The number of amides is 2. The van der Waals surface area contributed by atoms with Gasteiger partial charge < -0.3 is 10.2 Å². The Morgan fingerprint density at radius 2 is 1.85 bits per heavy atom. The van der Waals surface area contributed by atoms with E-state index < -0.39 is 10.0 Å². The molecule has 1 aliphatic heterocycles. The van der Waals surface area contributed by atoms with Crippen molar-refractivity contribution >= 4 is 27.5 Å². The second-order valence-electron chi connectivity index (χ2n) is 6.32. The van der Waals surface area contributed by atoms with Gasteiger partial charge in [-0.1, -0.05) is 0 Å². The number of piperidine rings is 1. The van der Waals surface area contributed by atoms with Gasteiger partial charge in [0.05, 0.1) is 12.3 Å².